The normalized spacial score (nSPS) is 18.8. The monoisotopic (exact) mass is 236 g/mol. The minimum absolute atomic E-state index is 0.0417. The number of methoxy groups -OCH3 is 2. The van der Waals surface area contributed by atoms with Gasteiger partial charge in [-0.2, -0.15) is 0 Å². The molecule has 0 saturated heterocycles. The summed E-state index contributed by atoms with van der Waals surface area (Å²) in [6.45, 7) is 0. The summed E-state index contributed by atoms with van der Waals surface area (Å²) in [6.07, 6.45) is 2.42. The first-order valence-electron chi connectivity index (χ1n) is 6.09. The second kappa shape index (κ2) is 5.52. The van der Waals surface area contributed by atoms with Gasteiger partial charge in [0.2, 0.25) is 0 Å². The highest BCUT2D eigenvalue weighted by Gasteiger charge is 2.36. The van der Waals surface area contributed by atoms with Gasteiger partial charge in [0.25, 0.3) is 0 Å². The van der Waals surface area contributed by atoms with Gasteiger partial charge in [-0.25, -0.2) is 0 Å². The number of hydrogen-bond acceptors (Lipinski definition) is 3. The molecule has 0 bridgehead atoms. The van der Waals surface area contributed by atoms with Crippen molar-refractivity contribution in [1.82, 2.24) is 0 Å². The molecular formula is C14H20O3. The van der Waals surface area contributed by atoms with E-state index >= 15 is 0 Å². The number of para-hydroxylation sites is 1. The van der Waals surface area contributed by atoms with Crippen molar-refractivity contribution in [1.29, 1.82) is 0 Å². The Balaban J connectivity index is 2.03. The molecule has 1 aromatic rings. The highest BCUT2D eigenvalue weighted by molar-refractivity contribution is 5.33. The molecule has 2 atom stereocenters. The van der Waals surface area contributed by atoms with E-state index in [0.717, 1.165) is 11.3 Å². The second-order valence-corrected chi connectivity index (χ2v) is 4.62. The van der Waals surface area contributed by atoms with Crippen LogP contribution in [0.5, 0.6) is 5.75 Å². The molecule has 0 aromatic heterocycles. The van der Waals surface area contributed by atoms with Gasteiger partial charge >= 0.3 is 0 Å². The van der Waals surface area contributed by atoms with Gasteiger partial charge < -0.3 is 14.6 Å². The smallest absolute Gasteiger partial charge is 0.122 e. The van der Waals surface area contributed by atoms with Gasteiger partial charge in [0.15, 0.2) is 0 Å². The molecule has 0 radical (unpaired) electrons. The lowest BCUT2D eigenvalue weighted by atomic mass is 10.0. The Hall–Kier alpha value is -1.06. The molecule has 0 aliphatic heterocycles. The summed E-state index contributed by atoms with van der Waals surface area (Å²) in [5.74, 6) is 1.36. The van der Waals surface area contributed by atoms with Crippen molar-refractivity contribution in [2.75, 3.05) is 14.2 Å². The predicted molar refractivity (Wildman–Crippen MR) is 66.2 cm³/mol. The van der Waals surface area contributed by atoms with Crippen LogP contribution in [-0.2, 0) is 11.2 Å². The standard InChI is InChI=1S/C14H20O3/c1-16-13-6-4-3-5-11(13)9-12(15)14(17-2)10-7-8-10/h3-6,10,12,14-15H,7-9H2,1-2H3. The van der Waals surface area contributed by atoms with Crippen molar-refractivity contribution in [3.63, 3.8) is 0 Å². The van der Waals surface area contributed by atoms with Gasteiger partial charge in [-0.05, 0) is 30.4 Å². The first-order chi connectivity index (χ1) is 8.26. The van der Waals surface area contributed by atoms with Crippen LogP contribution in [0.2, 0.25) is 0 Å². The van der Waals surface area contributed by atoms with Crippen LogP contribution in [0.3, 0.4) is 0 Å². The summed E-state index contributed by atoms with van der Waals surface area (Å²) in [6, 6.07) is 7.80. The summed E-state index contributed by atoms with van der Waals surface area (Å²) in [5, 5.41) is 10.2. The fourth-order valence-electron chi connectivity index (χ4n) is 2.30. The zero-order valence-corrected chi connectivity index (χ0v) is 10.4. The maximum Gasteiger partial charge on any atom is 0.122 e. The first kappa shape index (κ1) is 12.4. The fourth-order valence-corrected chi connectivity index (χ4v) is 2.30. The van der Waals surface area contributed by atoms with Crippen LogP contribution in [0.4, 0.5) is 0 Å². The zero-order chi connectivity index (χ0) is 12.3. The summed E-state index contributed by atoms with van der Waals surface area (Å²) >= 11 is 0. The first-order valence-corrected chi connectivity index (χ1v) is 6.09. The van der Waals surface area contributed by atoms with E-state index in [4.69, 9.17) is 9.47 Å². The van der Waals surface area contributed by atoms with E-state index in [0.29, 0.717) is 12.3 Å². The maximum absolute atomic E-state index is 10.2. The molecule has 2 unspecified atom stereocenters. The Morgan fingerprint density at radius 1 is 1.29 bits per heavy atom. The van der Waals surface area contributed by atoms with Crippen molar-refractivity contribution in [2.24, 2.45) is 5.92 Å². The average molecular weight is 236 g/mol. The molecule has 1 saturated carbocycles. The lowest BCUT2D eigenvalue weighted by Gasteiger charge is -2.22. The van der Waals surface area contributed by atoms with E-state index in [9.17, 15) is 5.11 Å². The highest BCUT2D eigenvalue weighted by atomic mass is 16.5. The summed E-state index contributed by atoms with van der Waals surface area (Å²) in [4.78, 5) is 0. The Morgan fingerprint density at radius 2 is 2.00 bits per heavy atom. The molecule has 2 rings (SSSR count). The molecule has 0 spiro atoms. The molecule has 1 aliphatic rings. The van der Waals surface area contributed by atoms with Crippen LogP contribution in [0.1, 0.15) is 18.4 Å². The number of ether oxygens (including phenoxy) is 2. The number of aliphatic hydroxyl groups excluding tert-OH is 1. The van der Waals surface area contributed by atoms with Gasteiger partial charge in [0.1, 0.15) is 5.75 Å². The van der Waals surface area contributed by atoms with Crippen LogP contribution >= 0.6 is 0 Å². The zero-order valence-electron chi connectivity index (χ0n) is 10.4. The van der Waals surface area contributed by atoms with Crippen molar-refractivity contribution in [3.8, 4) is 5.75 Å². The minimum atomic E-state index is -0.455. The van der Waals surface area contributed by atoms with Crippen molar-refractivity contribution >= 4 is 0 Å². The molecular weight excluding hydrogens is 216 g/mol. The predicted octanol–water partition coefficient (Wildman–Crippen LogP) is 2.02. The number of rotatable bonds is 6. The maximum atomic E-state index is 10.2. The van der Waals surface area contributed by atoms with Gasteiger partial charge in [0.05, 0.1) is 19.3 Å². The van der Waals surface area contributed by atoms with E-state index in [-0.39, 0.29) is 6.10 Å². The van der Waals surface area contributed by atoms with Crippen LogP contribution < -0.4 is 4.74 Å². The van der Waals surface area contributed by atoms with Gasteiger partial charge in [-0.15, -0.1) is 0 Å². The van der Waals surface area contributed by atoms with Crippen LogP contribution in [-0.4, -0.2) is 31.5 Å². The molecule has 3 heteroatoms. The molecule has 3 nitrogen and oxygen atoms in total. The lowest BCUT2D eigenvalue weighted by molar-refractivity contribution is -0.0239. The number of benzene rings is 1. The summed E-state index contributed by atoms with van der Waals surface area (Å²) in [5.41, 5.74) is 1.03. The van der Waals surface area contributed by atoms with Crippen LogP contribution in [0.25, 0.3) is 0 Å². The number of aliphatic hydroxyl groups is 1. The highest BCUT2D eigenvalue weighted by Crippen LogP contribution is 2.36. The minimum Gasteiger partial charge on any atom is -0.496 e. The largest absolute Gasteiger partial charge is 0.496 e. The summed E-state index contributed by atoms with van der Waals surface area (Å²) in [7, 11) is 3.33. The van der Waals surface area contributed by atoms with Crippen molar-refractivity contribution < 1.29 is 14.6 Å². The van der Waals surface area contributed by atoms with E-state index in [1.807, 2.05) is 24.3 Å². The van der Waals surface area contributed by atoms with Crippen molar-refractivity contribution in [2.45, 2.75) is 31.5 Å². The molecule has 94 valence electrons. The molecule has 1 fully saturated rings. The van der Waals surface area contributed by atoms with Crippen molar-refractivity contribution in [3.05, 3.63) is 29.8 Å². The molecule has 0 heterocycles. The van der Waals surface area contributed by atoms with Gasteiger partial charge in [-0.1, -0.05) is 18.2 Å². The Morgan fingerprint density at radius 3 is 2.59 bits per heavy atom. The Kier molecular flexibility index (Phi) is 4.02. The van der Waals surface area contributed by atoms with E-state index in [1.165, 1.54) is 12.8 Å². The third-order valence-electron chi connectivity index (χ3n) is 3.36. The van der Waals surface area contributed by atoms with Crippen LogP contribution in [0, 0.1) is 5.92 Å². The fraction of sp³-hybridized carbons (Fsp3) is 0.571. The van der Waals surface area contributed by atoms with E-state index < -0.39 is 6.10 Å². The molecule has 1 N–H and O–H groups in total. The third kappa shape index (κ3) is 2.99. The summed E-state index contributed by atoms with van der Waals surface area (Å²) < 4.78 is 10.7. The quantitative estimate of drug-likeness (QED) is 0.821. The molecule has 1 aliphatic carbocycles. The molecule has 1 aromatic carbocycles. The van der Waals surface area contributed by atoms with Crippen LogP contribution in [0.15, 0.2) is 24.3 Å². The second-order valence-electron chi connectivity index (χ2n) is 4.62. The van der Waals surface area contributed by atoms with E-state index in [1.54, 1.807) is 14.2 Å². The SMILES string of the molecule is COc1ccccc1CC(O)C(OC)C1CC1. The topological polar surface area (TPSA) is 38.7 Å². The third-order valence-corrected chi connectivity index (χ3v) is 3.36. The lowest BCUT2D eigenvalue weighted by Crippen LogP contribution is -2.31. The Labute approximate surface area is 102 Å². The molecule has 0 amide bonds. The number of hydrogen-bond donors (Lipinski definition) is 1. The Bertz CT molecular complexity index is 360. The average Bonchev–Trinajstić information content (AvgIpc) is 3.15. The molecule has 17 heavy (non-hydrogen) atoms. The van der Waals surface area contributed by atoms with E-state index in [2.05, 4.69) is 0 Å². The van der Waals surface area contributed by atoms with Gasteiger partial charge in [0, 0.05) is 13.5 Å². The van der Waals surface area contributed by atoms with Gasteiger partial charge in [-0.3, -0.25) is 0 Å².